The van der Waals surface area contributed by atoms with Gasteiger partial charge in [0, 0.05) is 28.9 Å². The topological polar surface area (TPSA) is 171 Å². The first-order valence-electron chi connectivity index (χ1n) is 10.4. The van der Waals surface area contributed by atoms with Crippen LogP contribution in [0.2, 0.25) is 10.0 Å². The second kappa shape index (κ2) is 10.9. The Morgan fingerprint density at radius 3 is 2.41 bits per heavy atom. The van der Waals surface area contributed by atoms with Crippen LogP contribution in [-0.4, -0.2) is 33.6 Å². The molecule has 0 aliphatic heterocycles. The Bertz CT molecular complexity index is 1540. The maximum atomic E-state index is 12.2. The van der Waals surface area contributed by atoms with Crippen molar-refractivity contribution in [3.63, 3.8) is 0 Å². The van der Waals surface area contributed by atoms with Gasteiger partial charge in [-0.2, -0.15) is 0 Å². The van der Waals surface area contributed by atoms with E-state index in [1.54, 1.807) is 24.3 Å². The molecule has 0 radical (unpaired) electrons. The van der Waals surface area contributed by atoms with Gasteiger partial charge in [-0.05, 0) is 48.5 Å². The van der Waals surface area contributed by atoms with Gasteiger partial charge in [0.05, 0.1) is 20.5 Å². The van der Waals surface area contributed by atoms with Gasteiger partial charge in [-0.1, -0.05) is 23.2 Å². The van der Waals surface area contributed by atoms with Crippen molar-refractivity contribution in [1.29, 1.82) is 0 Å². The first kappa shape index (κ1) is 25.4. The van der Waals surface area contributed by atoms with Gasteiger partial charge in [0.1, 0.15) is 5.75 Å². The van der Waals surface area contributed by atoms with Crippen LogP contribution in [-0.2, 0) is 4.79 Å². The monoisotopic (exact) mass is 542 g/mol. The van der Waals surface area contributed by atoms with Gasteiger partial charge in [0.2, 0.25) is 5.88 Å². The number of halogens is 2. The van der Waals surface area contributed by atoms with Crippen LogP contribution < -0.4 is 15.4 Å². The normalized spacial score (nSPS) is 11.0. The molecule has 14 heteroatoms. The number of nitrogens with one attached hydrogen (secondary N) is 3. The van der Waals surface area contributed by atoms with Crippen LogP contribution in [0, 0.1) is 10.1 Å². The molecule has 1 heterocycles. The highest BCUT2D eigenvalue weighted by molar-refractivity contribution is 6.42. The largest absolute Gasteiger partial charge is 0.493 e. The molecule has 12 nitrogen and oxygen atoms in total. The van der Waals surface area contributed by atoms with E-state index in [4.69, 9.17) is 27.9 Å². The molecule has 0 saturated heterocycles. The Hall–Kier alpha value is -4.68. The number of aromatic nitrogens is 1. The summed E-state index contributed by atoms with van der Waals surface area (Å²) in [6, 6.07) is 14.2. The van der Waals surface area contributed by atoms with Crippen LogP contribution in [0.3, 0.4) is 0 Å². The van der Waals surface area contributed by atoms with E-state index in [0.717, 1.165) is 0 Å². The maximum Gasteiger partial charge on any atom is 0.323 e. The average Bonchev–Trinajstić information content (AvgIpc) is 3.18. The molecule has 0 unspecified atom stereocenters. The van der Waals surface area contributed by atoms with Crippen LogP contribution in [0.15, 0.2) is 70.9 Å². The number of nitrogens with zero attached hydrogens (tertiary/aromatic N) is 3. The van der Waals surface area contributed by atoms with Gasteiger partial charge in [-0.25, -0.2) is 4.79 Å². The minimum Gasteiger partial charge on any atom is -0.493 e. The number of carbonyl (C=O) groups is 2. The number of ether oxygens (including phenoxy) is 1. The summed E-state index contributed by atoms with van der Waals surface area (Å²) in [5.41, 5.74) is 0.989. The minimum absolute atomic E-state index is 0.110. The summed E-state index contributed by atoms with van der Waals surface area (Å²) in [5.74, 6) is -0.828. The molecule has 0 fully saturated rings. The van der Waals surface area contributed by atoms with Crippen LogP contribution in [0.4, 0.5) is 27.5 Å². The SMILES string of the molecule is O=C(COc1ccc(NC(=O)Nc2ccc(Cl)c(Cl)c2)cc1)N=Nc1c(O)[nH]c2ccc([N+](=O)[O-])cc12. The molecule has 4 N–H and O–H groups in total. The maximum absolute atomic E-state index is 12.2. The lowest BCUT2D eigenvalue weighted by Crippen LogP contribution is -2.19. The van der Waals surface area contributed by atoms with Gasteiger partial charge >= 0.3 is 11.9 Å². The van der Waals surface area contributed by atoms with Crippen LogP contribution in [0.5, 0.6) is 11.6 Å². The Morgan fingerprint density at radius 1 is 1.00 bits per heavy atom. The summed E-state index contributed by atoms with van der Waals surface area (Å²) in [5, 5.41) is 34.4. The number of aromatic hydroxyl groups is 1. The number of carbonyl (C=O) groups excluding carboxylic acids is 2. The Balaban J connectivity index is 1.32. The zero-order valence-corrected chi connectivity index (χ0v) is 20.1. The van der Waals surface area contributed by atoms with Crippen molar-refractivity contribution >= 4 is 68.8 Å². The van der Waals surface area contributed by atoms with Crippen molar-refractivity contribution in [2.24, 2.45) is 10.2 Å². The highest BCUT2D eigenvalue weighted by Crippen LogP contribution is 2.37. The van der Waals surface area contributed by atoms with E-state index >= 15 is 0 Å². The van der Waals surface area contributed by atoms with Crippen LogP contribution in [0.25, 0.3) is 10.9 Å². The van der Waals surface area contributed by atoms with E-state index in [1.807, 2.05) is 0 Å². The smallest absolute Gasteiger partial charge is 0.323 e. The fourth-order valence-corrected chi connectivity index (χ4v) is 3.45. The molecule has 188 valence electrons. The van der Waals surface area contributed by atoms with E-state index in [-0.39, 0.29) is 22.6 Å². The van der Waals surface area contributed by atoms with E-state index in [0.29, 0.717) is 32.7 Å². The zero-order chi connectivity index (χ0) is 26.5. The van der Waals surface area contributed by atoms with E-state index in [9.17, 15) is 24.8 Å². The molecule has 0 saturated carbocycles. The summed E-state index contributed by atoms with van der Waals surface area (Å²) in [4.78, 5) is 37.3. The summed E-state index contributed by atoms with van der Waals surface area (Å²) >= 11 is 11.8. The predicted octanol–water partition coefficient (Wildman–Crippen LogP) is 6.42. The van der Waals surface area contributed by atoms with Crippen molar-refractivity contribution in [3.05, 3.63) is 80.8 Å². The number of nitro groups is 1. The van der Waals surface area contributed by atoms with E-state index < -0.39 is 23.5 Å². The van der Waals surface area contributed by atoms with Crippen molar-refractivity contribution in [3.8, 4) is 11.6 Å². The quantitative estimate of drug-likeness (QED) is 0.119. The zero-order valence-electron chi connectivity index (χ0n) is 18.6. The number of non-ortho nitro benzene ring substituents is 1. The standard InChI is InChI=1S/C23H16Cl2N6O6/c24-17-7-3-13(9-18(17)25)27-23(34)26-12-1-5-15(6-2-12)37-11-20(32)29-30-21-16-10-14(31(35)36)4-8-19(16)28-22(21)33/h1-10,28,33H,11H2,(H2,26,27,34). The third-order valence-corrected chi connectivity index (χ3v) is 5.60. The first-order chi connectivity index (χ1) is 17.7. The second-order valence-electron chi connectivity index (χ2n) is 7.42. The van der Waals surface area contributed by atoms with Crippen LogP contribution >= 0.6 is 23.2 Å². The highest BCUT2D eigenvalue weighted by Gasteiger charge is 2.15. The number of amides is 3. The highest BCUT2D eigenvalue weighted by atomic mass is 35.5. The number of anilines is 2. The fraction of sp³-hybridized carbons (Fsp3) is 0.0435. The van der Waals surface area contributed by atoms with Gasteiger partial charge < -0.3 is 25.5 Å². The number of hydrogen-bond donors (Lipinski definition) is 4. The number of urea groups is 1. The number of rotatable bonds is 7. The Labute approximate surface area is 218 Å². The minimum atomic E-state index is -0.762. The number of hydrogen-bond acceptors (Lipinski definition) is 7. The van der Waals surface area contributed by atoms with Gasteiger partial charge in [0.25, 0.3) is 5.69 Å². The van der Waals surface area contributed by atoms with E-state index in [2.05, 4.69) is 25.8 Å². The van der Waals surface area contributed by atoms with Gasteiger partial charge in [0.15, 0.2) is 12.3 Å². The van der Waals surface area contributed by atoms with E-state index in [1.165, 1.54) is 36.4 Å². The summed E-state index contributed by atoms with van der Waals surface area (Å²) in [6.07, 6.45) is 0. The van der Waals surface area contributed by atoms with Crippen molar-refractivity contribution in [1.82, 2.24) is 4.98 Å². The predicted molar refractivity (Wildman–Crippen MR) is 137 cm³/mol. The molecular weight excluding hydrogens is 527 g/mol. The molecular formula is C23H16Cl2N6O6. The molecule has 3 amide bonds. The van der Waals surface area contributed by atoms with Crippen molar-refractivity contribution in [2.45, 2.75) is 0 Å². The number of aromatic amines is 1. The molecule has 0 atom stereocenters. The molecule has 4 rings (SSSR count). The third-order valence-electron chi connectivity index (χ3n) is 4.86. The number of benzene rings is 3. The summed E-state index contributed by atoms with van der Waals surface area (Å²) in [6.45, 7) is -0.461. The number of nitro benzene ring substituents is 1. The molecule has 0 bridgehead atoms. The summed E-state index contributed by atoms with van der Waals surface area (Å²) in [7, 11) is 0. The molecule has 0 spiro atoms. The number of azo groups is 1. The summed E-state index contributed by atoms with van der Waals surface area (Å²) < 4.78 is 5.37. The lowest BCUT2D eigenvalue weighted by atomic mass is 10.2. The van der Waals surface area contributed by atoms with Crippen LogP contribution in [0.1, 0.15) is 0 Å². The lowest BCUT2D eigenvalue weighted by Gasteiger charge is -2.09. The number of H-pyrrole nitrogens is 1. The average molecular weight is 543 g/mol. The third kappa shape index (κ3) is 6.31. The molecule has 0 aliphatic carbocycles. The molecule has 4 aromatic rings. The lowest BCUT2D eigenvalue weighted by molar-refractivity contribution is -0.384. The van der Waals surface area contributed by atoms with Gasteiger partial charge in [-0.3, -0.25) is 14.9 Å². The van der Waals surface area contributed by atoms with Gasteiger partial charge in [-0.15, -0.1) is 10.2 Å². The van der Waals surface area contributed by atoms with Crippen molar-refractivity contribution in [2.75, 3.05) is 17.2 Å². The fourth-order valence-electron chi connectivity index (χ4n) is 3.15. The molecule has 0 aliphatic rings. The van der Waals surface area contributed by atoms with Crippen molar-refractivity contribution < 1.29 is 24.4 Å². The Morgan fingerprint density at radius 2 is 1.70 bits per heavy atom. The molecule has 1 aromatic heterocycles. The Kier molecular flexibility index (Phi) is 7.51. The number of fused-ring (bicyclic) bond motifs is 1. The first-order valence-corrected chi connectivity index (χ1v) is 11.1. The molecule has 37 heavy (non-hydrogen) atoms. The second-order valence-corrected chi connectivity index (χ2v) is 8.24. The molecule has 3 aromatic carbocycles.